The summed E-state index contributed by atoms with van der Waals surface area (Å²) in [7, 11) is 0. The van der Waals surface area contributed by atoms with E-state index in [1.165, 1.54) is 0 Å². The van der Waals surface area contributed by atoms with Crippen molar-refractivity contribution in [3.63, 3.8) is 0 Å². The van der Waals surface area contributed by atoms with E-state index in [1.807, 2.05) is 18.2 Å². The molecule has 0 saturated heterocycles. The number of benzene rings is 1. The Balaban J connectivity index is 2.20. The van der Waals surface area contributed by atoms with Crippen LogP contribution in [0.4, 0.5) is 5.69 Å². The van der Waals surface area contributed by atoms with Crippen LogP contribution >= 0.6 is 27.5 Å². The molecule has 1 N–H and O–H groups in total. The molecule has 0 amide bonds. The van der Waals surface area contributed by atoms with Gasteiger partial charge in [0, 0.05) is 15.7 Å². The topological polar surface area (TPSA) is 48.7 Å². The third-order valence-corrected chi connectivity index (χ3v) is 3.03. The summed E-state index contributed by atoms with van der Waals surface area (Å²) in [6, 6.07) is 10.8. The minimum atomic E-state index is -0.432. The zero-order chi connectivity index (χ0) is 13.0. The molecule has 90 valence electrons. The van der Waals surface area contributed by atoms with Crippen LogP contribution in [-0.2, 0) is 0 Å². The summed E-state index contributed by atoms with van der Waals surface area (Å²) in [6.07, 6.45) is 3.36. The molecule has 2 aromatic rings. The van der Waals surface area contributed by atoms with Gasteiger partial charge in [0.15, 0.2) is 0 Å². The molecule has 18 heavy (non-hydrogen) atoms. The second-order valence-electron chi connectivity index (χ2n) is 3.65. The zero-order valence-electron chi connectivity index (χ0n) is 9.27. The van der Waals surface area contributed by atoms with Gasteiger partial charge in [-0.3, -0.25) is 4.98 Å². The molecule has 0 unspecified atom stereocenters. The highest BCUT2D eigenvalue weighted by atomic mass is 79.9. The third-order valence-electron chi connectivity index (χ3n) is 2.35. The molecule has 0 spiro atoms. The number of pyridine rings is 1. The number of nitrogens with one attached hydrogen (secondary N) is 1. The average molecular weight is 323 g/mol. The van der Waals surface area contributed by atoms with Gasteiger partial charge in [0.25, 0.3) is 0 Å². The second kappa shape index (κ2) is 5.85. The summed E-state index contributed by atoms with van der Waals surface area (Å²) in [4.78, 5) is 4.04. The van der Waals surface area contributed by atoms with Gasteiger partial charge in [0.05, 0.1) is 18.0 Å². The Kier molecular flexibility index (Phi) is 4.19. The van der Waals surface area contributed by atoms with Gasteiger partial charge < -0.3 is 5.32 Å². The molecule has 0 bridgehead atoms. The van der Waals surface area contributed by atoms with Crippen molar-refractivity contribution < 1.29 is 0 Å². The van der Waals surface area contributed by atoms with Gasteiger partial charge in [-0.25, -0.2) is 0 Å². The van der Waals surface area contributed by atoms with E-state index in [0.29, 0.717) is 5.02 Å². The van der Waals surface area contributed by atoms with Crippen molar-refractivity contribution in [1.82, 2.24) is 4.98 Å². The van der Waals surface area contributed by atoms with Gasteiger partial charge in [0.2, 0.25) is 0 Å². The predicted molar refractivity (Wildman–Crippen MR) is 75.4 cm³/mol. The van der Waals surface area contributed by atoms with E-state index in [2.05, 4.69) is 32.3 Å². The molecule has 2 rings (SSSR count). The standard InChI is InChI=1S/C13H9BrClN3/c14-10-5-12(8-17-7-10)18-13(6-16)9-1-3-11(15)4-2-9/h1-5,7-8,13,18H/t13-/m0/s1. The number of nitriles is 1. The van der Waals surface area contributed by atoms with E-state index in [9.17, 15) is 5.26 Å². The van der Waals surface area contributed by atoms with E-state index in [4.69, 9.17) is 11.6 Å². The molecular weight excluding hydrogens is 314 g/mol. The highest BCUT2D eigenvalue weighted by molar-refractivity contribution is 9.10. The second-order valence-corrected chi connectivity index (χ2v) is 5.00. The van der Waals surface area contributed by atoms with Crippen molar-refractivity contribution in [2.45, 2.75) is 6.04 Å². The maximum Gasteiger partial charge on any atom is 0.140 e. The SMILES string of the molecule is N#C[C@H](Nc1cncc(Br)c1)c1ccc(Cl)cc1. The lowest BCUT2D eigenvalue weighted by molar-refractivity contribution is 0.993. The highest BCUT2D eigenvalue weighted by Gasteiger charge is 2.10. The molecule has 0 aliphatic rings. The molecule has 1 heterocycles. The van der Waals surface area contributed by atoms with Crippen LogP contribution in [-0.4, -0.2) is 4.98 Å². The van der Waals surface area contributed by atoms with Gasteiger partial charge in [-0.05, 0) is 39.7 Å². The molecule has 0 aliphatic heterocycles. The number of rotatable bonds is 3. The van der Waals surface area contributed by atoms with Crippen molar-refractivity contribution in [2.24, 2.45) is 0 Å². The van der Waals surface area contributed by atoms with Crippen LogP contribution in [0.1, 0.15) is 11.6 Å². The number of nitrogens with zero attached hydrogens (tertiary/aromatic N) is 2. The molecule has 1 aromatic heterocycles. The van der Waals surface area contributed by atoms with Gasteiger partial charge in [0.1, 0.15) is 6.04 Å². The largest absolute Gasteiger partial charge is 0.365 e. The number of aromatic nitrogens is 1. The first-order valence-electron chi connectivity index (χ1n) is 5.21. The third kappa shape index (κ3) is 3.22. The van der Waals surface area contributed by atoms with Crippen LogP contribution in [0.2, 0.25) is 5.02 Å². The van der Waals surface area contributed by atoms with Crippen LogP contribution in [0.25, 0.3) is 0 Å². The smallest absolute Gasteiger partial charge is 0.140 e. The molecular formula is C13H9BrClN3. The quantitative estimate of drug-likeness (QED) is 0.922. The Morgan fingerprint density at radius 3 is 2.61 bits per heavy atom. The van der Waals surface area contributed by atoms with E-state index in [0.717, 1.165) is 15.7 Å². The minimum Gasteiger partial charge on any atom is -0.365 e. The number of hydrogen-bond acceptors (Lipinski definition) is 3. The first-order valence-corrected chi connectivity index (χ1v) is 6.38. The van der Waals surface area contributed by atoms with Crippen LogP contribution in [0.3, 0.4) is 0 Å². The number of anilines is 1. The van der Waals surface area contributed by atoms with Crippen molar-refractivity contribution in [1.29, 1.82) is 5.26 Å². The Hall–Kier alpha value is -1.57. The van der Waals surface area contributed by atoms with Crippen molar-refractivity contribution in [2.75, 3.05) is 5.32 Å². The summed E-state index contributed by atoms with van der Waals surface area (Å²) in [6.45, 7) is 0. The highest BCUT2D eigenvalue weighted by Crippen LogP contribution is 2.22. The summed E-state index contributed by atoms with van der Waals surface area (Å²) in [5.74, 6) is 0. The van der Waals surface area contributed by atoms with Crippen LogP contribution < -0.4 is 5.32 Å². The fourth-order valence-electron chi connectivity index (χ4n) is 1.50. The lowest BCUT2D eigenvalue weighted by atomic mass is 10.1. The minimum absolute atomic E-state index is 0.432. The molecule has 1 atom stereocenters. The molecule has 0 aliphatic carbocycles. The summed E-state index contributed by atoms with van der Waals surface area (Å²) in [5, 5.41) is 13.0. The lowest BCUT2D eigenvalue weighted by Gasteiger charge is -2.13. The average Bonchev–Trinajstić information content (AvgIpc) is 2.37. The normalized spacial score (nSPS) is 11.6. The van der Waals surface area contributed by atoms with Crippen molar-refractivity contribution in [3.8, 4) is 6.07 Å². The Morgan fingerprint density at radius 2 is 2.00 bits per heavy atom. The first kappa shape index (κ1) is 12.9. The predicted octanol–water partition coefficient (Wildman–Crippen LogP) is 4.17. The summed E-state index contributed by atoms with van der Waals surface area (Å²) >= 11 is 9.16. The van der Waals surface area contributed by atoms with Gasteiger partial charge in [-0.15, -0.1) is 0 Å². The van der Waals surface area contributed by atoms with E-state index < -0.39 is 6.04 Å². The maximum atomic E-state index is 9.20. The first-order chi connectivity index (χ1) is 8.69. The van der Waals surface area contributed by atoms with Crippen molar-refractivity contribution >= 4 is 33.2 Å². The van der Waals surface area contributed by atoms with Crippen molar-refractivity contribution in [3.05, 3.63) is 57.8 Å². The number of halogens is 2. The van der Waals surface area contributed by atoms with Crippen LogP contribution in [0.15, 0.2) is 47.2 Å². The van der Waals surface area contributed by atoms with Gasteiger partial charge in [-0.2, -0.15) is 5.26 Å². The number of hydrogen-bond donors (Lipinski definition) is 1. The molecule has 0 saturated carbocycles. The molecule has 0 fully saturated rings. The Bertz CT molecular complexity index is 578. The lowest BCUT2D eigenvalue weighted by Crippen LogP contribution is -2.08. The Morgan fingerprint density at radius 1 is 1.28 bits per heavy atom. The van der Waals surface area contributed by atoms with E-state index in [1.54, 1.807) is 24.5 Å². The molecule has 0 radical (unpaired) electrons. The van der Waals surface area contributed by atoms with Gasteiger partial charge in [-0.1, -0.05) is 23.7 Å². The summed E-state index contributed by atoms with van der Waals surface area (Å²) in [5.41, 5.74) is 1.65. The fourth-order valence-corrected chi connectivity index (χ4v) is 1.99. The maximum absolute atomic E-state index is 9.20. The van der Waals surface area contributed by atoms with Crippen LogP contribution in [0.5, 0.6) is 0 Å². The zero-order valence-corrected chi connectivity index (χ0v) is 11.6. The molecule has 1 aromatic carbocycles. The Labute approximate surface area is 119 Å². The van der Waals surface area contributed by atoms with Gasteiger partial charge >= 0.3 is 0 Å². The van der Waals surface area contributed by atoms with Crippen LogP contribution in [0, 0.1) is 11.3 Å². The van der Waals surface area contributed by atoms with E-state index >= 15 is 0 Å². The fraction of sp³-hybridized carbons (Fsp3) is 0.0769. The monoisotopic (exact) mass is 321 g/mol. The molecule has 3 nitrogen and oxygen atoms in total. The van der Waals surface area contributed by atoms with E-state index in [-0.39, 0.29) is 0 Å². The molecule has 5 heteroatoms. The summed E-state index contributed by atoms with van der Waals surface area (Å²) < 4.78 is 0.861.